The molecule has 0 saturated heterocycles. The molecule has 0 saturated carbocycles. The average Bonchev–Trinajstić information content (AvgIpc) is 3.14. The summed E-state index contributed by atoms with van der Waals surface area (Å²) in [6.07, 6.45) is 0. The van der Waals surface area contributed by atoms with Crippen LogP contribution >= 0.6 is 0 Å². The van der Waals surface area contributed by atoms with Crippen LogP contribution < -0.4 is 19.9 Å². The highest BCUT2D eigenvalue weighted by atomic mass is 32.2. The van der Waals surface area contributed by atoms with Crippen molar-refractivity contribution in [3.8, 4) is 28.5 Å². The van der Waals surface area contributed by atoms with Crippen molar-refractivity contribution >= 4 is 15.8 Å². The number of rotatable bonds is 9. The molecule has 2 N–H and O–H groups in total. The molecule has 0 atom stereocenters. The van der Waals surface area contributed by atoms with Crippen LogP contribution in [-0.2, 0) is 10.0 Å². The van der Waals surface area contributed by atoms with Gasteiger partial charge in [-0.25, -0.2) is 0 Å². The van der Waals surface area contributed by atoms with Crippen molar-refractivity contribution in [1.29, 1.82) is 0 Å². The van der Waals surface area contributed by atoms with Gasteiger partial charge in [-0.2, -0.15) is 13.5 Å². The Morgan fingerprint density at radius 2 is 1.47 bits per heavy atom. The van der Waals surface area contributed by atoms with Crippen LogP contribution in [0.4, 0.5) is 5.82 Å². The summed E-state index contributed by atoms with van der Waals surface area (Å²) in [6.45, 7) is 6.89. The molecule has 0 aliphatic rings. The van der Waals surface area contributed by atoms with Crippen LogP contribution in [-0.4, -0.2) is 37.4 Å². The van der Waals surface area contributed by atoms with E-state index in [1.807, 2.05) is 20.8 Å². The highest BCUT2D eigenvalue weighted by molar-refractivity contribution is 7.90. The molecule has 0 fully saturated rings. The fourth-order valence-electron chi connectivity index (χ4n) is 2.94. The Morgan fingerprint density at radius 1 is 0.900 bits per heavy atom. The Bertz CT molecular complexity index is 1080. The molecule has 8 nitrogen and oxygen atoms in total. The van der Waals surface area contributed by atoms with Crippen molar-refractivity contribution in [3.05, 3.63) is 48.5 Å². The minimum atomic E-state index is -3.92. The van der Waals surface area contributed by atoms with Gasteiger partial charge in [0.15, 0.2) is 11.5 Å². The number of ether oxygens (including phenoxy) is 3. The van der Waals surface area contributed by atoms with Gasteiger partial charge in [-0.05, 0) is 45.0 Å². The van der Waals surface area contributed by atoms with Crippen LogP contribution in [0, 0.1) is 0 Å². The first-order valence-corrected chi connectivity index (χ1v) is 11.1. The summed E-state index contributed by atoms with van der Waals surface area (Å²) >= 11 is 0. The van der Waals surface area contributed by atoms with Crippen molar-refractivity contribution in [2.24, 2.45) is 0 Å². The maximum atomic E-state index is 12.9. The Hall–Kier alpha value is -3.20. The van der Waals surface area contributed by atoms with Crippen LogP contribution in [0.1, 0.15) is 20.8 Å². The number of nitrogens with zero attached hydrogens (tertiary/aromatic N) is 2. The lowest BCUT2D eigenvalue weighted by atomic mass is 10.1. The largest absolute Gasteiger partial charge is 0.490 e. The van der Waals surface area contributed by atoms with Gasteiger partial charge < -0.3 is 19.9 Å². The van der Waals surface area contributed by atoms with Gasteiger partial charge in [0, 0.05) is 11.6 Å². The third-order valence-electron chi connectivity index (χ3n) is 4.18. The van der Waals surface area contributed by atoms with Crippen LogP contribution in [0.3, 0.4) is 0 Å². The minimum absolute atomic E-state index is 0.00124. The highest BCUT2D eigenvalue weighted by Gasteiger charge is 2.23. The molecule has 3 aromatic rings. The minimum Gasteiger partial charge on any atom is -0.490 e. The Kier molecular flexibility index (Phi) is 6.51. The third kappa shape index (κ3) is 4.20. The zero-order valence-corrected chi connectivity index (χ0v) is 18.0. The summed E-state index contributed by atoms with van der Waals surface area (Å²) in [5, 5.41) is 4.26. The van der Waals surface area contributed by atoms with Crippen molar-refractivity contribution in [1.82, 2.24) is 9.19 Å². The van der Waals surface area contributed by atoms with Gasteiger partial charge in [0.05, 0.1) is 30.4 Å². The van der Waals surface area contributed by atoms with E-state index in [1.54, 1.807) is 30.3 Å². The molecule has 160 valence electrons. The summed E-state index contributed by atoms with van der Waals surface area (Å²) in [6, 6.07) is 13.0. The van der Waals surface area contributed by atoms with Gasteiger partial charge in [0.1, 0.15) is 5.82 Å². The zero-order valence-electron chi connectivity index (χ0n) is 17.2. The first kappa shape index (κ1) is 21.5. The lowest BCUT2D eigenvalue weighted by Crippen LogP contribution is -2.16. The summed E-state index contributed by atoms with van der Waals surface area (Å²) in [5.41, 5.74) is 6.98. The topological polar surface area (TPSA) is 106 Å². The van der Waals surface area contributed by atoms with Crippen molar-refractivity contribution in [2.45, 2.75) is 25.7 Å². The molecule has 0 unspecified atom stereocenters. The van der Waals surface area contributed by atoms with E-state index in [0.29, 0.717) is 48.3 Å². The molecule has 0 bridgehead atoms. The molecule has 1 aromatic heterocycles. The van der Waals surface area contributed by atoms with Crippen LogP contribution in [0.15, 0.2) is 53.4 Å². The van der Waals surface area contributed by atoms with E-state index in [2.05, 4.69) is 5.10 Å². The summed E-state index contributed by atoms with van der Waals surface area (Å²) in [4.78, 5) is 0.100. The van der Waals surface area contributed by atoms with E-state index < -0.39 is 10.0 Å². The molecule has 0 amide bonds. The maximum absolute atomic E-state index is 12.9. The van der Waals surface area contributed by atoms with Gasteiger partial charge in [-0.15, -0.1) is 4.09 Å². The number of aromatic nitrogens is 2. The van der Waals surface area contributed by atoms with E-state index in [9.17, 15) is 8.42 Å². The van der Waals surface area contributed by atoms with Gasteiger partial charge >= 0.3 is 0 Å². The molecule has 0 aliphatic carbocycles. The van der Waals surface area contributed by atoms with Crippen LogP contribution in [0.2, 0.25) is 0 Å². The number of hydrogen-bond acceptors (Lipinski definition) is 7. The Balaban J connectivity index is 2.11. The zero-order chi connectivity index (χ0) is 21.7. The third-order valence-corrected chi connectivity index (χ3v) is 5.79. The second-order valence-corrected chi connectivity index (χ2v) is 7.98. The lowest BCUT2D eigenvalue weighted by molar-refractivity contribution is 0.261. The Morgan fingerprint density at radius 3 is 2.00 bits per heavy atom. The number of anilines is 1. The van der Waals surface area contributed by atoms with Gasteiger partial charge in [-0.1, -0.05) is 18.2 Å². The van der Waals surface area contributed by atoms with Gasteiger partial charge in [0.25, 0.3) is 10.0 Å². The highest BCUT2D eigenvalue weighted by Crippen LogP contribution is 2.42. The van der Waals surface area contributed by atoms with E-state index in [1.165, 1.54) is 18.2 Å². The summed E-state index contributed by atoms with van der Waals surface area (Å²) in [5.74, 6) is 1.46. The van der Waals surface area contributed by atoms with Gasteiger partial charge in [-0.3, -0.25) is 0 Å². The number of nitrogen functional groups attached to an aromatic ring is 1. The molecule has 9 heteroatoms. The number of nitrogens with two attached hydrogens (primary N) is 1. The lowest BCUT2D eigenvalue weighted by Gasteiger charge is -2.16. The molecule has 30 heavy (non-hydrogen) atoms. The first-order chi connectivity index (χ1) is 14.4. The number of hydrogen-bond donors (Lipinski definition) is 1. The average molecular weight is 432 g/mol. The molecule has 0 spiro atoms. The predicted molar refractivity (Wildman–Crippen MR) is 115 cm³/mol. The van der Waals surface area contributed by atoms with E-state index in [-0.39, 0.29) is 10.7 Å². The molecular weight excluding hydrogens is 406 g/mol. The summed E-state index contributed by atoms with van der Waals surface area (Å²) in [7, 11) is -3.92. The van der Waals surface area contributed by atoms with E-state index in [0.717, 1.165) is 4.09 Å². The Labute approximate surface area is 176 Å². The van der Waals surface area contributed by atoms with Crippen molar-refractivity contribution in [3.63, 3.8) is 0 Å². The molecule has 0 radical (unpaired) electrons. The van der Waals surface area contributed by atoms with E-state index >= 15 is 0 Å². The van der Waals surface area contributed by atoms with Crippen LogP contribution in [0.25, 0.3) is 11.3 Å². The molecule has 0 aliphatic heterocycles. The summed E-state index contributed by atoms with van der Waals surface area (Å²) < 4.78 is 43.8. The van der Waals surface area contributed by atoms with E-state index in [4.69, 9.17) is 19.9 Å². The molecular formula is C21H25N3O5S. The smallest absolute Gasteiger partial charge is 0.284 e. The quantitative estimate of drug-likeness (QED) is 0.552. The fraction of sp³-hybridized carbons (Fsp3) is 0.286. The van der Waals surface area contributed by atoms with Gasteiger partial charge in [0.2, 0.25) is 5.75 Å². The van der Waals surface area contributed by atoms with Crippen LogP contribution in [0.5, 0.6) is 17.2 Å². The fourth-order valence-corrected chi connectivity index (χ4v) is 4.17. The SMILES string of the molecule is CCOc1cc(-c2cc(N)n(S(=O)(=O)c3ccccc3)n2)cc(OCC)c1OCC. The molecule has 1 heterocycles. The monoisotopic (exact) mass is 431 g/mol. The van der Waals surface area contributed by atoms with Crippen molar-refractivity contribution in [2.75, 3.05) is 25.6 Å². The van der Waals surface area contributed by atoms with Crippen molar-refractivity contribution < 1.29 is 22.6 Å². The normalized spacial score (nSPS) is 11.3. The first-order valence-electron chi connectivity index (χ1n) is 9.65. The molecule has 3 rings (SSSR count). The molecule has 2 aromatic carbocycles. The second-order valence-electron chi connectivity index (χ2n) is 6.22. The maximum Gasteiger partial charge on any atom is 0.284 e. The number of benzene rings is 2. The predicted octanol–water partition coefficient (Wildman–Crippen LogP) is 3.57. The standard InChI is InChI=1S/C21H25N3O5S/c1-4-27-18-12-15(13-19(28-5-2)21(18)29-6-3)17-14-20(22)24(23-17)30(25,26)16-10-8-7-9-11-16/h7-14H,4-6,22H2,1-3H3. The second kappa shape index (κ2) is 9.08.